The fraction of sp³-hybridized carbons (Fsp3) is 0.462. The van der Waals surface area contributed by atoms with Gasteiger partial charge in [0, 0.05) is 28.7 Å². The average Bonchev–Trinajstić information content (AvgIpc) is 3.02. The molecule has 0 unspecified atom stereocenters. The van der Waals surface area contributed by atoms with Crippen molar-refractivity contribution in [3.05, 3.63) is 32.2 Å². The standard InChI is InChI=1S/C13H19N5S2/c1-4-14-13(17-7-11-15-5-9(2)19-11)18-8-12-16-6-10(3)20-12/h5-6H,4,7-8H2,1-3H3,(H2,14,17,18). The number of thiazole rings is 2. The van der Waals surface area contributed by atoms with Crippen LogP contribution in [0.2, 0.25) is 0 Å². The van der Waals surface area contributed by atoms with Crippen LogP contribution in [0.4, 0.5) is 0 Å². The molecule has 20 heavy (non-hydrogen) atoms. The molecule has 0 amide bonds. The van der Waals surface area contributed by atoms with E-state index < -0.39 is 0 Å². The Morgan fingerprint density at radius 2 is 1.75 bits per heavy atom. The van der Waals surface area contributed by atoms with E-state index >= 15 is 0 Å². The highest BCUT2D eigenvalue weighted by molar-refractivity contribution is 7.11. The van der Waals surface area contributed by atoms with E-state index in [0.29, 0.717) is 13.1 Å². The molecule has 2 heterocycles. The van der Waals surface area contributed by atoms with Crippen molar-refractivity contribution in [3.63, 3.8) is 0 Å². The molecule has 0 fully saturated rings. The number of hydrogen-bond donors (Lipinski definition) is 2. The lowest BCUT2D eigenvalue weighted by Crippen LogP contribution is -2.36. The van der Waals surface area contributed by atoms with Crippen LogP contribution in [0.3, 0.4) is 0 Å². The Balaban J connectivity index is 1.91. The van der Waals surface area contributed by atoms with Gasteiger partial charge in [0.25, 0.3) is 0 Å². The van der Waals surface area contributed by atoms with Gasteiger partial charge in [0.1, 0.15) is 10.0 Å². The Labute approximate surface area is 127 Å². The predicted octanol–water partition coefficient (Wildman–Crippen LogP) is 2.47. The zero-order valence-electron chi connectivity index (χ0n) is 11.9. The first-order valence-corrected chi connectivity index (χ1v) is 8.15. The molecular weight excluding hydrogens is 290 g/mol. The summed E-state index contributed by atoms with van der Waals surface area (Å²) in [7, 11) is 0. The third kappa shape index (κ3) is 4.57. The fourth-order valence-corrected chi connectivity index (χ4v) is 3.04. The van der Waals surface area contributed by atoms with Crippen LogP contribution >= 0.6 is 22.7 Å². The van der Waals surface area contributed by atoms with Gasteiger partial charge in [-0.2, -0.15) is 0 Å². The Kier molecular flexibility index (Phi) is 5.49. The number of nitrogens with zero attached hydrogens (tertiary/aromatic N) is 3. The van der Waals surface area contributed by atoms with Crippen molar-refractivity contribution in [1.82, 2.24) is 20.6 Å². The van der Waals surface area contributed by atoms with E-state index in [9.17, 15) is 0 Å². The maximum atomic E-state index is 4.54. The average molecular weight is 309 g/mol. The van der Waals surface area contributed by atoms with Gasteiger partial charge in [0.2, 0.25) is 0 Å². The first kappa shape index (κ1) is 14.9. The quantitative estimate of drug-likeness (QED) is 0.658. The molecule has 0 aromatic carbocycles. The molecular formula is C13H19N5S2. The lowest BCUT2D eigenvalue weighted by Gasteiger charge is -2.09. The number of nitrogens with one attached hydrogen (secondary N) is 2. The number of guanidine groups is 1. The molecule has 0 aliphatic carbocycles. The van der Waals surface area contributed by atoms with Crippen molar-refractivity contribution in [2.45, 2.75) is 33.9 Å². The van der Waals surface area contributed by atoms with Crippen molar-refractivity contribution in [2.24, 2.45) is 4.99 Å². The molecule has 2 N–H and O–H groups in total. The Hall–Kier alpha value is -1.47. The van der Waals surface area contributed by atoms with Crippen LogP contribution in [0.1, 0.15) is 26.7 Å². The molecule has 0 aliphatic rings. The van der Waals surface area contributed by atoms with Gasteiger partial charge in [0.15, 0.2) is 5.96 Å². The molecule has 0 bridgehead atoms. The zero-order chi connectivity index (χ0) is 14.4. The molecule has 0 saturated carbocycles. The molecule has 0 atom stereocenters. The Bertz CT molecular complexity index is 573. The molecule has 0 radical (unpaired) electrons. The van der Waals surface area contributed by atoms with Crippen LogP contribution in [0.15, 0.2) is 17.4 Å². The van der Waals surface area contributed by atoms with Crippen LogP contribution < -0.4 is 10.6 Å². The first-order chi connectivity index (χ1) is 9.67. The zero-order valence-corrected chi connectivity index (χ0v) is 13.6. The summed E-state index contributed by atoms with van der Waals surface area (Å²) in [4.78, 5) is 15.6. The summed E-state index contributed by atoms with van der Waals surface area (Å²) < 4.78 is 0. The van der Waals surface area contributed by atoms with Gasteiger partial charge >= 0.3 is 0 Å². The van der Waals surface area contributed by atoms with Crippen LogP contribution in [-0.2, 0) is 13.1 Å². The summed E-state index contributed by atoms with van der Waals surface area (Å²) in [5, 5.41) is 8.62. The smallest absolute Gasteiger partial charge is 0.192 e. The van der Waals surface area contributed by atoms with E-state index in [4.69, 9.17) is 0 Å². The van der Waals surface area contributed by atoms with E-state index in [-0.39, 0.29) is 0 Å². The topological polar surface area (TPSA) is 62.2 Å². The summed E-state index contributed by atoms with van der Waals surface area (Å²) in [6.45, 7) is 8.30. The van der Waals surface area contributed by atoms with Crippen molar-refractivity contribution in [2.75, 3.05) is 6.54 Å². The van der Waals surface area contributed by atoms with E-state index in [1.54, 1.807) is 22.7 Å². The van der Waals surface area contributed by atoms with Crippen molar-refractivity contribution < 1.29 is 0 Å². The number of aliphatic imine (C=N–C) groups is 1. The minimum absolute atomic E-state index is 0.602. The molecule has 0 spiro atoms. The SMILES string of the molecule is CCNC(=NCc1ncc(C)s1)NCc1ncc(C)s1. The number of aryl methyl sites for hydroxylation is 2. The molecule has 0 saturated heterocycles. The van der Waals surface area contributed by atoms with Crippen molar-refractivity contribution >= 4 is 28.6 Å². The minimum atomic E-state index is 0.602. The van der Waals surface area contributed by atoms with Gasteiger partial charge < -0.3 is 10.6 Å². The summed E-state index contributed by atoms with van der Waals surface area (Å²) in [5.41, 5.74) is 0. The van der Waals surface area contributed by atoms with E-state index in [2.05, 4.69) is 46.4 Å². The largest absolute Gasteiger partial charge is 0.357 e. The maximum absolute atomic E-state index is 4.54. The van der Waals surface area contributed by atoms with Crippen LogP contribution in [-0.4, -0.2) is 22.5 Å². The number of hydrogen-bond acceptors (Lipinski definition) is 5. The fourth-order valence-electron chi connectivity index (χ4n) is 1.61. The molecule has 2 aromatic rings. The Morgan fingerprint density at radius 3 is 2.30 bits per heavy atom. The molecule has 7 heteroatoms. The van der Waals surface area contributed by atoms with E-state index in [1.807, 2.05) is 12.4 Å². The van der Waals surface area contributed by atoms with Gasteiger partial charge in [-0.15, -0.1) is 22.7 Å². The number of rotatable bonds is 5. The highest BCUT2D eigenvalue weighted by atomic mass is 32.1. The minimum Gasteiger partial charge on any atom is -0.357 e. The van der Waals surface area contributed by atoms with Gasteiger partial charge in [0.05, 0.1) is 13.1 Å². The second-order valence-corrected chi connectivity index (χ2v) is 6.92. The Morgan fingerprint density at radius 1 is 1.10 bits per heavy atom. The van der Waals surface area contributed by atoms with Crippen LogP contribution in [0.5, 0.6) is 0 Å². The van der Waals surface area contributed by atoms with E-state index in [0.717, 1.165) is 22.5 Å². The van der Waals surface area contributed by atoms with E-state index in [1.165, 1.54) is 9.75 Å². The normalized spacial score (nSPS) is 11.7. The van der Waals surface area contributed by atoms with Crippen LogP contribution in [0, 0.1) is 13.8 Å². The maximum Gasteiger partial charge on any atom is 0.192 e. The monoisotopic (exact) mass is 309 g/mol. The van der Waals surface area contributed by atoms with Crippen molar-refractivity contribution in [3.8, 4) is 0 Å². The molecule has 0 aliphatic heterocycles. The molecule has 108 valence electrons. The van der Waals surface area contributed by atoms with Gasteiger partial charge in [-0.3, -0.25) is 0 Å². The summed E-state index contributed by atoms with van der Waals surface area (Å²) in [6.07, 6.45) is 3.78. The molecule has 5 nitrogen and oxygen atoms in total. The second-order valence-electron chi connectivity index (χ2n) is 4.28. The summed E-state index contributed by atoms with van der Waals surface area (Å²) >= 11 is 3.38. The highest BCUT2D eigenvalue weighted by Gasteiger charge is 2.02. The summed E-state index contributed by atoms with van der Waals surface area (Å²) in [5.74, 6) is 0.799. The van der Waals surface area contributed by atoms with Crippen LogP contribution in [0.25, 0.3) is 0 Å². The van der Waals surface area contributed by atoms with Gasteiger partial charge in [-0.25, -0.2) is 15.0 Å². The lowest BCUT2D eigenvalue weighted by molar-refractivity contribution is 0.810. The lowest BCUT2D eigenvalue weighted by atomic mass is 10.6. The first-order valence-electron chi connectivity index (χ1n) is 6.52. The second kappa shape index (κ2) is 7.35. The van der Waals surface area contributed by atoms with Gasteiger partial charge in [-0.1, -0.05) is 0 Å². The van der Waals surface area contributed by atoms with Crippen molar-refractivity contribution in [1.29, 1.82) is 0 Å². The molecule has 2 rings (SSSR count). The third-order valence-corrected chi connectivity index (χ3v) is 4.27. The van der Waals surface area contributed by atoms with Gasteiger partial charge in [-0.05, 0) is 20.8 Å². The predicted molar refractivity (Wildman–Crippen MR) is 85.4 cm³/mol. The third-order valence-electron chi connectivity index (χ3n) is 2.46. The highest BCUT2D eigenvalue weighted by Crippen LogP contribution is 2.12. The number of aromatic nitrogens is 2. The summed E-state index contributed by atoms with van der Waals surface area (Å²) in [6, 6.07) is 0. The molecule has 2 aromatic heterocycles.